The lowest BCUT2D eigenvalue weighted by atomic mass is 9.73. The van der Waals surface area contributed by atoms with Gasteiger partial charge in [-0.2, -0.15) is 0 Å². The van der Waals surface area contributed by atoms with Crippen molar-refractivity contribution < 1.29 is 9.84 Å². The number of nitrogens with two attached hydrogens (primary N) is 1. The van der Waals surface area contributed by atoms with Gasteiger partial charge in [0.1, 0.15) is 5.65 Å². The summed E-state index contributed by atoms with van der Waals surface area (Å²) < 4.78 is 7.80. The van der Waals surface area contributed by atoms with Gasteiger partial charge in [0.2, 0.25) is 5.95 Å². The van der Waals surface area contributed by atoms with Gasteiger partial charge in [0.15, 0.2) is 0 Å². The lowest BCUT2D eigenvalue weighted by Crippen LogP contribution is -2.51. The zero-order chi connectivity index (χ0) is 22.6. The number of aliphatic hydroxyl groups excluding tert-OH is 1. The molecule has 1 unspecified atom stereocenters. The van der Waals surface area contributed by atoms with Crippen molar-refractivity contribution in [3.63, 3.8) is 0 Å². The standard InChI is InChI=1S/C23H27Cl2N5O2/c1-13-18(16-4-3-5-17(24)19(16)25)21-27-10-15(11-31)30(21)22(28-13)29-8-6-23(7-9-29)12-32-14(2)20(23)26/h3-5,10,14,20,31H,6-9,11-12,26H2,1-2H3/t14?,20-/m1/s1. The van der Waals surface area contributed by atoms with Gasteiger partial charge in [-0.15, -0.1) is 0 Å². The van der Waals surface area contributed by atoms with Crippen LogP contribution >= 0.6 is 23.2 Å². The van der Waals surface area contributed by atoms with E-state index < -0.39 is 0 Å². The van der Waals surface area contributed by atoms with Crippen LogP contribution in [0.15, 0.2) is 24.4 Å². The van der Waals surface area contributed by atoms with E-state index >= 15 is 0 Å². The zero-order valence-electron chi connectivity index (χ0n) is 18.2. The molecule has 7 nitrogen and oxygen atoms in total. The summed E-state index contributed by atoms with van der Waals surface area (Å²) in [5.41, 5.74) is 10.3. The number of rotatable bonds is 3. The van der Waals surface area contributed by atoms with Gasteiger partial charge in [0.25, 0.3) is 0 Å². The lowest BCUT2D eigenvalue weighted by Gasteiger charge is -2.41. The number of fused-ring (bicyclic) bond motifs is 1. The highest BCUT2D eigenvalue weighted by molar-refractivity contribution is 6.43. The van der Waals surface area contributed by atoms with E-state index in [0.29, 0.717) is 28.0 Å². The minimum atomic E-state index is -0.143. The Morgan fingerprint density at radius 2 is 2.03 bits per heavy atom. The normalized spacial score (nSPS) is 22.9. The monoisotopic (exact) mass is 475 g/mol. The van der Waals surface area contributed by atoms with Crippen molar-refractivity contribution in [2.45, 2.75) is 45.4 Å². The molecule has 2 saturated heterocycles. The average Bonchev–Trinajstić information content (AvgIpc) is 3.33. The summed E-state index contributed by atoms with van der Waals surface area (Å²) >= 11 is 12.8. The van der Waals surface area contributed by atoms with Crippen LogP contribution in [-0.2, 0) is 11.3 Å². The number of piperidine rings is 1. The molecule has 0 aliphatic carbocycles. The summed E-state index contributed by atoms with van der Waals surface area (Å²) in [5.74, 6) is 0.774. The molecule has 2 aliphatic heterocycles. The van der Waals surface area contributed by atoms with Crippen LogP contribution in [0, 0.1) is 12.3 Å². The van der Waals surface area contributed by atoms with Gasteiger partial charge in [-0.05, 0) is 32.8 Å². The molecule has 5 rings (SSSR count). The number of anilines is 1. The van der Waals surface area contributed by atoms with Crippen LogP contribution in [0.1, 0.15) is 31.2 Å². The molecule has 4 heterocycles. The third kappa shape index (κ3) is 3.30. The third-order valence-electron chi connectivity index (χ3n) is 7.16. The molecule has 3 N–H and O–H groups in total. The molecule has 1 spiro atoms. The minimum Gasteiger partial charge on any atom is -0.390 e. The Kier molecular flexibility index (Phi) is 5.58. The van der Waals surface area contributed by atoms with Crippen LogP contribution in [0.2, 0.25) is 10.0 Å². The first-order valence-electron chi connectivity index (χ1n) is 10.9. The molecule has 0 bridgehead atoms. The molecule has 0 saturated carbocycles. The molecule has 1 aromatic carbocycles. The second kappa shape index (κ2) is 8.15. The summed E-state index contributed by atoms with van der Waals surface area (Å²) in [6.07, 6.45) is 3.65. The fourth-order valence-electron chi connectivity index (χ4n) is 5.17. The highest BCUT2D eigenvalue weighted by Gasteiger charge is 2.47. The second-order valence-electron chi connectivity index (χ2n) is 8.93. The predicted molar refractivity (Wildman–Crippen MR) is 126 cm³/mol. The summed E-state index contributed by atoms with van der Waals surface area (Å²) in [4.78, 5) is 11.9. The molecule has 170 valence electrons. The molecular weight excluding hydrogens is 449 g/mol. The molecular formula is C23H27Cl2N5O2. The van der Waals surface area contributed by atoms with Crippen LogP contribution in [0.3, 0.4) is 0 Å². The predicted octanol–water partition coefficient (Wildman–Crippen LogP) is 3.84. The van der Waals surface area contributed by atoms with E-state index in [1.54, 1.807) is 12.3 Å². The summed E-state index contributed by atoms with van der Waals surface area (Å²) in [7, 11) is 0. The van der Waals surface area contributed by atoms with Crippen LogP contribution < -0.4 is 10.6 Å². The van der Waals surface area contributed by atoms with Crippen LogP contribution in [0.4, 0.5) is 5.95 Å². The van der Waals surface area contributed by atoms with E-state index in [0.717, 1.165) is 48.7 Å². The molecule has 2 aliphatic rings. The number of halogens is 2. The van der Waals surface area contributed by atoms with E-state index in [4.69, 9.17) is 38.7 Å². The maximum atomic E-state index is 10.0. The maximum absolute atomic E-state index is 10.0. The van der Waals surface area contributed by atoms with E-state index in [-0.39, 0.29) is 24.2 Å². The number of hydrogen-bond acceptors (Lipinski definition) is 6. The lowest BCUT2D eigenvalue weighted by molar-refractivity contribution is 0.0973. The highest BCUT2D eigenvalue weighted by Crippen LogP contribution is 2.43. The molecule has 9 heteroatoms. The van der Waals surface area contributed by atoms with Gasteiger partial charge >= 0.3 is 0 Å². The molecule has 2 fully saturated rings. The first-order chi connectivity index (χ1) is 15.4. The van der Waals surface area contributed by atoms with Crippen molar-refractivity contribution in [3.05, 3.63) is 45.8 Å². The largest absolute Gasteiger partial charge is 0.390 e. The highest BCUT2D eigenvalue weighted by atomic mass is 35.5. The number of ether oxygens (including phenoxy) is 1. The molecule has 0 radical (unpaired) electrons. The van der Waals surface area contributed by atoms with Gasteiger partial charge in [-0.3, -0.25) is 4.40 Å². The summed E-state index contributed by atoms with van der Waals surface area (Å²) in [6, 6.07) is 5.58. The van der Waals surface area contributed by atoms with Crippen molar-refractivity contribution in [1.82, 2.24) is 14.4 Å². The molecule has 2 atom stereocenters. The summed E-state index contributed by atoms with van der Waals surface area (Å²) in [5, 5.41) is 11.0. The van der Waals surface area contributed by atoms with Gasteiger partial charge in [-0.25, -0.2) is 9.97 Å². The Hall–Kier alpha value is -1.90. The number of benzene rings is 1. The summed E-state index contributed by atoms with van der Waals surface area (Å²) in [6.45, 7) is 6.20. The first kappa shape index (κ1) is 21.9. The minimum absolute atomic E-state index is 0.0209. The van der Waals surface area contributed by atoms with Crippen molar-refractivity contribution in [3.8, 4) is 11.1 Å². The third-order valence-corrected chi connectivity index (χ3v) is 7.98. The first-order valence-corrected chi connectivity index (χ1v) is 11.7. The number of aromatic nitrogens is 3. The van der Waals surface area contributed by atoms with E-state index in [9.17, 15) is 5.11 Å². The Morgan fingerprint density at radius 3 is 2.69 bits per heavy atom. The smallest absolute Gasteiger partial charge is 0.211 e. The van der Waals surface area contributed by atoms with Crippen LogP contribution in [0.5, 0.6) is 0 Å². The van der Waals surface area contributed by atoms with E-state index in [2.05, 4.69) is 16.8 Å². The molecule has 2 aromatic heterocycles. The number of hydrogen-bond donors (Lipinski definition) is 2. The van der Waals surface area contributed by atoms with E-state index in [1.807, 2.05) is 23.5 Å². The van der Waals surface area contributed by atoms with Crippen LogP contribution in [-0.4, -0.2) is 51.3 Å². The molecule has 0 amide bonds. The fraction of sp³-hybridized carbons (Fsp3) is 0.478. The van der Waals surface area contributed by atoms with Crippen molar-refractivity contribution in [1.29, 1.82) is 0 Å². The van der Waals surface area contributed by atoms with Gasteiger partial charge in [-0.1, -0.05) is 35.3 Å². The molecule has 3 aromatic rings. The Labute approximate surface area is 197 Å². The molecule has 32 heavy (non-hydrogen) atoms. The van der Waals surface area contributed by atoms with Gasteiger partial charge < -0.3 is 20.5 Å². The Balaban J connectivity index is 1.58. The second-order valence-corrected chi connectivity index (χ2v) is 9.72. The quantitative estimate of drug-likeness (QED) is 0.598. The maximum Gasteiger partial charge on any atom is 0.211 e. The van der Waals surface area contributed by atoms with Crippen molar-refractivity contribution in [2.75, 3.05) is 24.6 Å². The number of aryl methyl sites for hydroxylation is 1. The number of imidazole rings is 1. The van der Waals surface area contributed by atoms with Crippen molar-refractivity contribution >= 4 is 34.8 Å². The Bertz CT molecular complexity index is 1170. The van der Waals surface area contributed by atoms with Gasteiger partial charge in [0, 0.05) is 35.7 Å². The number of aliphatic hydroxyl groups is 1. The number of nitrogens with zero attached hydrogens (tertiary/aromatic N) is 4. The van der Waals surface area contributed by atoms with Crippen molar-refractivity contribution in [2.24, 2.45) is 11.1 Å². The zero-order valence-corrected chi connectivity index (χ0v) is 19.7. The van der Waals surface area contributed by atoms with Crippen LogP contribution in [0.25, 0.3) is 16.8 Å². The fourth-order valence-corrected chi connectivity index (χ4v) is 5.56. The Morgan fingerprint density at radius 1 is 1.28 bits per heavy atom. The topological polar surface area (TPSA) is 88.9 Å². The van der Waals surface area contributed by atoms with Gasteiger partial charge in [0.05, 0.1) is 46.9 Å². The SMILES string of the molecule is Cc1nc(N2CCC3(CC2)COC(C)[C@H]3N)n2c(CO)cnc2c1-c1cccc(Cl)c1Cl. The average molecular weight is 476 g/mol. The van der Waals surface area contributed by atoms with E-state index in [1.165, 1.54) is 0 Å².